The zero-order valence-corrected chi connectivity index (χ0v) is 10.2. The van der Waals surface area contributed by atoms with Gasteiger partial charge in [0.05, 0.1) is 0 Å². The molecule has 0 aromatic rings. The van der Waals surface area contributed by atoms with Crippen LogP contribution in [-0.4, -0.2) is 29.2 Å². The van der Waals surface area contributed by atoms with Gasteiger partial charge in [-0.2, -0.15) is 0 Å². The van der Waals surface area contributed by atoms with E-state index in [0.717, 1.165) is 24.8 Å². The Morgan fingerprint density at radius 3 is 2.54 bits per heavy atom. The summed E-state index contributed by atoms with van der Waals surface area (Å²) in [7, 11) is 0. The quantitative estimate of drug-likeness (QED) is 0.652. The Labute approximate surface area is 88.8 Å². The fraction of sp³-hybridized carbons (Fsp3) is 0.900. The van der Waals surface area contributed by atoms with Gasteiger partial charge in [-0.3, -0.25) is 4.79 Å². The molecule has 76 valence electrons. The van der Waals surface area contributed by atoms with Crippen molar-refractivity contribution in [1.29, 1.82) is 0 Å². The van der Waals surface area contributed by atoms with Crippen LogP contribution in [0.1, 0.15) is 27.2 Å². The van der Waals surface area contributed by atoms with Crippen LogP contribution in [0.3, 0.4) is 0 Å². The van der Waals surface area contributed by atoms with Gasteiger partial charge < -0.3 is 4.90 Å². The Bertz CT molecular complexity index is 198. The third kappa shape index (κ3) is 2.70. The van der Waals surface area contributed by atoms with Crippen molar-refractivity contribution in [2.75, 3.05) is 18.4 Å². The summed E-state index contributed by atoms with van der Waals surface area (Å²) in [6, 6.07) is 0. The molecule has 1 fully saturated rings. The van der Waals surface area contributed by atoms with E-state index in [-0.39, 0.29) is 11.3 Å². The number of halogens is 1. The molecule has 0 aromatic heterocycles. The Morgan fingerprint density at radius 2 is 2.15 bits per heavy atom. The first-order valence-corrected chi connectivity index (χ1v) is 5.92. The average Bonchev–Trinajstić information content (AvgIpc) is 2.48. The molecular formula is C10H18BrNO. The smallest absolute Gasteiger partial charge is 0.227 e. The topological polar surface area (TPSA) is 20.3 Å². The normalized spacial score (nSPS) is 23.7. The lowest BCUT2D eigenvalue weighted by Gasteiger charge is -2.25. The van der Waals surface area contributed by atoms with Crippen molar-refractivity contribution in [3.8, 4) is 0 Å². The van der Waals surface area contributed by atoms with Crippen molar-refractivity contribution in [3.63, 3.8) is 0 Å². The number of amides is 1. The molecule has 1 heterocycles. The molecule has 0 radical (unpaired) electrons. The lowest BCUT2D eigenvalue weighted by molar-refractivity contribution is -0.138. The zero-order chi connectivity index (χ0) is 10.1. The molecule has 0 bridgehead atoms. The Kier molecular flexibility index (Phi) is 3.38. The zero-order valence-electron chi connectivity index (χ0n) is 8.64. The number of likely N-dealkylation sites (tertiary alicyclic amines) is 1. The molecule has 0 aliphatic carbocycles. The summed E-state index contributed by atoms with van der Waals surface area (Å²) in [6.45, 7) is 7.82. The summed E-state index contributed by atoms with van der Waals surface area (Å²) < 4.78 is 0. The summed E-state index contributed by atoms with van der Waals surface area (Å²) in [5.41, 5.74) is -0.221. The van der Waals surface area contributed by atoms with E-state index in [1.807, 2.05) is 25.7 Å². The van der Waals surface area contributed by atoms with E-state index in [0.29, 0.717) is 5.92 Å². The van der Waals surface area contributed by atoms with Crippen molar-refractivity contribution >= 4 is 21.8 Å². The molecule has 1 aliphatic rings. The van der Waals surface area contributed by atoms with Gasteiger partial charge in [0.1, 0.15) is 0 Å². The van der Waals surface area contributed by atoms with Gasteiger partial charge in [0.2, 0.25) is 5.91 Å². The van der Waals surface area contributed by atoms with E-state index in [1.165, 1.54) is 0 Å². The van der Waals surface area contributed by atoms with Gasteiger partial charge in [0.25, 0.3) is 0 Å². The van der Waals surface area contributed by atoms with Gasteiger partial charge in [-0.25, -0.2) is 0 Å². The van der Waals surface area contributed by atoms with Crippen molar-refractivity contribution in [1.82, 2.24) is 4.90 Å². The molecule has 0 saturated carbocycles. The molecule has 0 aromatic carbocycles. The van der Waals surface area contributed by atoms with E-state index >= 15 is 0 Å². The molecular weight excluding hydrogens is 230 g/mol. The number of rotatable bonds is 1. The maximum absolute atomic E-state index is 11.8. The third-order valence-corrected chi connectivity index (χ3v) is 3.35. The molecule has 0 spiro atoms. The van der Waals surface area contributed by atoms with Crippen LogP contribution in [0.2, 0.25) is 0 Å². The lowest BCUT2D eigenvalue weighted by Crippen LogP contribution is -2.37. The van der Waals surface area contributed by atoms with E-state index in [4.69, 9.17) is 0 Å². The monoisotopic (exact) mass is 247 g/mol. The third-order valence-electron chi connectivity index (χ3n) is 2.43. The molecule has 1 saturated heterocycles. The maximum atomic E-state index is 11.8. The van der Waals surface area contributed by atoms with Crippen LogP contribution in [0.25, 0.3) is 0 Å². The molecule has 13 heavy (non-hydrogen) atoms. The maximum Gasteiger partial charge on any atom is 0.227 e. The number of carbonyl (C=O) groups is 1. The highest BCUT2D eigenvalue weighted by molar-refractivity contribution is 9.09. The van der Waals surface area contributed by atoms with Crippen molar-refractivity contribution < 1.29 is 4.79 Å². The number of alkyl halides is 1. The SMILES string of the molecule is CC(C)(C)C(=O)N1CCC(CBr)C1. The second-order valence-electron chi connectivity index (χ2n) is 4.81. The average molecular weight is 248 g/mol. The van der Waals surface area contributed by atoms with Crippen molar-refractivity contribution in [2.45, 2.75) is 27.2 Å². The van der Waals surface area contributed by atoms with Gasteiger partial charge in [-0.15, -0.1) is 0 Å². The first-order chi connectivity index (χ1) is 5.95. The summed E-state index contributed by atoms with van der Waals surface area (Å²) in [4.78, 5) is 13.8. The fourth-order valence-electron chi connectivity index (χ4n) is 1.62. The molecule has 1 rings (SSSR count). The minimum Gasteiger partial charge on any atom is -0.342 e. The Morgan fingerprint density at radius 1 is 1.54 bits per heavy atom. The summed E-state index contributed by atoms with van der Waals surface area (Å²) >= 11 is 3.47. The van der Waals surface area contributed by atoms with Crippen LogP contribution < -0.4 is 0 Å². The van der Waals surface area contributed by atoms with E-state index in [2.05, 4.69) is 15.9 Å². The first-order valence-electron chi connectivity index (χ1n) is 4.80. The van der Waals surface area contributed by atoms with Crippen LogP contribution in [0.5, 0.6) is 0 Å². The number of hydrogen-bond donors (Lipinski definition) is 0. The summed E-state index contributed by atoms with van der Waals surface area (Å²) in [5, 5.41) is 1.01. The van der Waals surface area contributed by atoms with Crippen molar-refractivity contribution in [3.05, 3.63) is 0 Å². The van der Waals surface area contributed by atoms with Crippen LogP contribution in [0, 0.1) is 11.3 Å². The van der Waals surface area contributed by atoms with Crippen LogP contribution in [0.15, 0.2) is 0 Å². The second-order valence-corrected chi connectivity index (χ2v) is 5.46. The summed E-state index contributed by atoms with van der Waals surface area (Å²) in [5.74, 6) is 0.947. The molecule has 1 atom stereocenters. The van der Waals surface area contributed by atoms with Gasteiger partial charge in [0, 0.05) is 23.8 Å². The van der Waals surface area contributed by atoms with Crippen LogP contribution >= 0.6 is 15.9 Å². The van der Waals surface area contributed by atoms with E-state index < -0.39 is 0 Å². The molecule has 1 amide bonds. The van der Waals surface area contributed by atoms with Crippen molar-refractivity contribution in [2.24, 2.45) is 11.3 Å². The molecule has 2 nitrogen and oxygen atoms in total. The predicted octanol–water partition coefficient (Wildman–Crippen LogP) is 2.28. The number of nitrogens with zero attached hydrogens (tertiary/aromatic N) is 1. The highest BCUT2D eigenvalue weighted by Crippen LogP contribution is 2.24. The number of hydrogen-bond acceptors (Lipinski definition) is 1. The Hall–Kier alpha value is -0.0500. The second kappa shape index (κ2) is 3.99. The fourth-order valence-corrected chi connectivity index (χ4v) is 2.15. The molecule has 1 unspecified atom stereocenters. The number of carbonyl (C=O) groups excluding carboxylic acids is 1. The largest absolute Gasteiger partial charge is 0.342 e. The van der Waals surface area contributed by atoms with Gasteiger partial charge in [-0.1, -0.05) is 36.7 Å². The van der Waals surface area contributed by atoms with Crippen LogP contribution in [0.4, 0.5) is 0 Å². The molecule has 3 heteroatoms. The van der Waals surface area contributed by atoms with E-state index in [9.17, 15) is 4.79 Å². The molecule has 0 N–H and O–H groups in total. The highest BCUT2D eigenvalue weighted by Gasteiger charge is 2.32. The van der Waals surface area contributed by atoms with Gasteiger partial charge >= 0.3 is 0 Å². The predicted molar refractivity (Wildman–Crippen MR) is 57.9 cm³/mol. The van der Waals surface area contributed by atoms with Gasteiger partial charge in [-0.05, 0) is 12.3 Å². The first kappa shape index (κ1) is 11.0. The highest BCUT2D eigenvalue weighted by atomic mass is 79.9. The van der Waals surface area contributed by atoms with E-state index in [1.54, 1.807) is 0 Å². The summed E-state index contributed by atoms with van der Waals surface area (Å²) in [6.07, 6.45) is 1.15. The molecule has 1 aliphatic heterocycles. The van der Waals surface area contributed by atoms with Gasteiger partial charge in [0.15, 0.2) is 0 Å². The Balaban J connectivity index is 2.52. The minimum absolute atomic E-state index is 0.221. The minimum atomic E-state index is -0.221. The van der Waals surface area contributed by atoms with Crippen LogP contribution in [-0.2, 0) is 4.79 Å². The standard InChI is InChI=1S/C10H18BrNO/c1-10(2,3)9(13)12-5-4-8(6-11)7-12/h8H,4-7H2,1-3H3. The lowest BCUT2D eigenvalue weighted by atomic mass is 9.95.